The lowest BCUT2D eigenvalue weighted by Gasteiger charge is -2.12. The number of carbonyl (C=O) groups excluding carboxylic acids is 1. The van der Waals surface area contributed by atoms with Crippen molar-refractivity contribution in [2.24, 2.45) is 0 Å². The number of benzene rings is 3. The second-order valence-electron chi connectivity index (χ2n) is 7.83. The van der Waals surface area contributed by atoms with Crippen LogP contribution in [0.2, 0.25) is 0 Å². The molecule has 6 nitrogen and oxygen atoms in total. The van der Waals surface area contributed by atoms with Crippen LogP contribution in [0.25, 0.3) is 22.3 Å². The number of fused-ring (bicyclic) bond motifs is 1. The van der Waals surface area contributed by atoms with Crippen molar-refractivity contribution < 1.29 is 14.3 Å². The molecule has 1 amide bonds. The molecule has 0 fully saturated rings. The van der Waals surface area contributed by atoms with Crippen LogP contribution in [0.4, 0.5) is 5.69 Å². The van der Waals surface area contributed by atoms with Gasteiger partial charge < -0.3 is 14.8 Å². The lowest BCUT2D eigenvalue weighted by molar-refractivity contribution is -0.113. The summed E-state index contributed by atoms with van der Waals surface area (Å²) < 4.78 is 10.6. The first kappa shape index (κ1) is 23.6. The quantitative estimate of drug-likeness (QED) is 0.253. The number of methoxy groups -OCH3 is 2. The summed E-state index contributed by atoms with van der Waals surface area (Å²) in [6.07, 6.45) is 0.914. The van der Waals surface area contributed by atoms with E-state index >= 15 is 0 Å². The van der Waals surface area contributed by atoms with E-state index in [1.807, 2.05) is 31.2 Å². The molecule has 7 heteroatoms. The smallest absolute Gasteiger partial charge is 0.234 e. The number of hydrogen-bond donors (Lipinski definition) is 1. The fourth-order valence-electron chi connectivity index (χ4n) is 3.61. The lowest BCUT2D eigenvalue weighted by Crippen LogP contribution is -2.15. The summed E-state index contributed by atoms with van der Waals surface area (Å²) in [5.74, 6) is 1.90. The monoisotopic (exact) mass is 473 g/mol. The molecular formula is C27H27N3O3S. The number of nitrogens with one attached hydrogen (secondary N) is 1. The van der Waals surface area contributed by atoms with Gasteiger partial charge in [0.1, 0.15) is 16.5 Å². The third-order valence-corrected chi connectivity index (χ3v) is 6.42. The van der Waals surface area contributed by atoms with Crippen molar-refractivity contribution in [1.29, 1.82) is 0 Å². The van der Waals surface area contributed by atoms with Crippen LogP contribution in [0, 0.1) is 6.92 Å². The highest BCUT2D eigenvalue weighted by atomic mass is 32.2. The van der Waals surface area contributed by atoms with E-state index in [9.17, 15) is 4.79 Å². The van der Waals surface area contributed by atoms with Crippen molar-refractivity contribution in [3.8, 4) is 22.9 Å². The SMILES string of the molecule is CCc1ccc2nc(-c3cccc(C)c3)nc(SCC(=O)Nc3ccc(OC)cc3OC)c2c1. The summed E-state index contributed by atoms with van der Waals surface area (Å²) in [5.41, 5.74) is 4.76. The fourth-order valence-corrected chi connectivity index (χ4v) is 4.42. The van der Waals surface area contributed by atoms with Crippen LogP contribution in [0.1, 0.15) is 18.1 Å². The van der Waals surface area contributed by atoms with Crippen LogP contribution in [0.15, 0.2) is 65.7 Å². The van der Waals surface area contributed by atoms with E-state index in [-0.39, 0.29) is 11.7 Å². The molecule has 0 aliphatic carbocycles. The lowest BCUT2D eigenvalue weighted by atomic mass is 10.1. The minimum absolute atomic E-state index is 0.149. The predicted octanol–water partition coefficient (Wildman–Crippen LogP) is 5.92. The molecular weight excluding hydrogens is 446 g/mol. The molecule has 0 saturated carbocycles. The highest BCUT2D eigenvalue weighted by Crippen LogP contribution is 2.31. The molecule has 1 N–H and O–H groups in total. The van der Waals surface area contributed by atoms with Gasteiger partial charge in [0.25, 0.3) is 0 Å². The molecule has 0 spiro atoms. The molecule has 3 aromatic carbocycles. The van der Waals surface area contributed by atoms with Gasteiger partial charge in [-0.25, -0.2) is 9.97 Å². The number of thioether (sulfide) groups is 1. The zero-order chi connectivity index (χ0) is 24.1. The van der Waals surface area contributed by atoms with Crippen molar-refractivity contribution in [2.45, 2.75) is 25.3 Å². The first-order valence-corrected chi connectivity index (χ1v) is 12.0. The van der Waals surface area contributed by atoms with Gasteiger partial charge in [-0.05, 0) is 49.2 Å². The van der Waals surface area contributed by atoms with Gasteiger partial charge in [0.2, 0.25) is 5.91 Å². The largest absolute Gasteiger partial charge is 0.497 e. The number of ether oxygens (including phenoxy) is 2. The summed E-state index contributed by atoms with van der Waals surface area (Å²) in [6, 6.07) is 19.6. The van der Waals surface area contributed by atoms with Gasteiger partial charge in [0, 0.05) is 17.0 Å². The van der Waals surface area contributed by atoms with Crippen molar-refractivity contribution in [2.75, 3.05) is 25.3 Å². The summed E-state index contributed by atoms with van der Waals surface area (Å²) in [7, 11) is 3.15. The second kappa shape index (κ2) is 10.6. The van der Waals surface area contributed by atoms with Gasteiger partial charge in [0.05, 0.1) is 31.2 Å². The zero-order valence-electron chi connectivity index (χ0n) is 19.7. The van der Waals surface area contributed by atoms with E-state index in [4.69, 9.17) is 19.4 Å². The maximum Gasteiger partial charge on any atom is 0.234 e. The van der Waals surface area contributed by atoms with E-state index in [1.54, 1.807) is 32.4 Å². The summed E-state index contributed by atoms with van der Waals surface area (Å²) in [5, 5.41) is 4.66. The third-order valence-electron chi connectivity index (χ3n) is 5.43. The highest BCUT2D eigenvalue weighted by Gasteiger charge is 2.14. The average Bonchev–Trinajstić information content (AvgIpc) is 2.87. The molecule has 0 atom stereocenters. The summed E-state index contributed by atoms with van der Waals surface area (Å²) in [4.78, 5) is 22.5. The molecule has 0 aliphatic rings. The van der Waals surface area contributed by atoms with Gasteiger partial charge in [0.15, 0.2) is 5.82 Å². The molecule has 1 heterocycles. The van der Waals surface area contributed by atoms with Crippen molar-refractivity contribution in [3.63, 3.8) is 0 Å². The molecule has 4 rings (SSSR count). The van der Waals surface area contributed by atoms with Gasteiger partial charge in [-0.1, -0.05) is 48.5 Å². The first-order chi connectivity index (χ1) is 16.5. The van der Waals surface area contributed by atoms with Crippen LogP contribution in [-0.2, 0) is 11.2 Å². The Bertz CT molecular complexity index is 1340. The number of carbonyl (C=O) groups is 1. The standard InChI is InChI=1S/C27H27N3O3S/c1-5-18-9-11-22-21(14-18)27(30-26(29-22)19-8-6-7-17(2)13-19)34-16-25(31)28-23-12-10-20(32-3)15-24(23)33-4/h6-15H,5,16H2,1-4H3,(H,28,31). The molecule has 34 heavy (non-hydrogen) atoms. The number of anilines is 1. The predicted molar refractivity (Wildman–Crippen MR) is 138 cm³/mol. The Morgan fingerprint density at radius 1 is 1.00 bits per heavy atom. The van der Waals surface area contributed by atoms with Crippen molar-refractivity contribution >= 4 is 34.3 Å². The van der Waals surface area contributed by atoms with Gasteiger partial charge in [-0.3, -0.25) is 4.79 Å². The zero-order valence-corrected chi connectivity index (χ0v) is 20.5. The van der Waals surface area contributed by atoms with E-state index in [1.165, 1.54) is 17.3 Å². The molecule has 0 saturated heterocycles. The van der Waals surface area contributed by atoms with E-state index < -0.39 is 0 Å². The maximum atomic E-state index is 12.8. The Hall–Kier alpha value is -3.58. The van der Waals surface area contributed by atoms with E-state index in [0.717, 1.165) is 33.5 Å². The van der Waals surface area contributed by atoms with Gasteiger partial charge in [-0.2, -0.15) is 0 Å². The number of rotatable bonds is 8. The second-order valence-corrected chi connectivity index (χ2v) is 8.79. The first-order valence-electron chi connectivity index (χ1n) is 11.0. The summed E-state index contributed by atoms with van der Waals surface area (Å²) in [6.45, 7) is 4.16. The number of nitrogens with zero attached hydrogens (tertiary/aromatic N) is 2. The maximum absolute atomic E-state index is 12.8. The van der Waals surface area contributed by atoms with Crippen LogP contribution in [0.3, 0.4) is 0 Å². The minimum atomic E-state index is -0.149. The fraction of sp³-hybridized carbons (Fsp3) is 0.222. The average molecular weight is 474 g/mol. The number of hydrogen-bond acceptors (Lipinski definition) is 6. The molecule has 0 aliphatic heterocycles. The van der Waals surface area contributed by atoms with Crippen molar-refractivity contribution in [3.05, 3.63) is 71.8 Å². The van der Waals surface area contributed by atoms with Crippen LogP contribution >= 0.6 is 11.8 Å². The Kier molecular flexibility index (Phi) is 7.33. The Balaban J connectivity index is 1.62. The number of amides is 1. The van der Waals surface area contributed by atoms with Gasteiger partial charge in [-0.15, -0.1) is 0 Å². The van der Waals surface area contributed by atoms with E-state index in [2.05, 4.69) is 30.4 Å². The highest BCUT2D eigenvalue weighted by molar-refractivity contribution is 8.00. The Morgan fingerprint density at radius 3 is 2.59 bits per heavy atom. The van der Waals surface area contributed by atoms with Crippen LogP contribution < -0.4 is 14.8 Å². The van der Waals surface area contributed by atoms with Crippen molar-refractivity contribution in [1.82, 2.24) is 9.97 Å². The molecule has 174 valence electrons. The topological polar surface area (TPSA) is 73.3 Å². The normalized spacial score (nSPS) is 10.8. The molecule has 4 aromatic rings. The molecule has 1 aromatic heterocycles. The molecule has 0 bridgehead atoms. The number of aromatic nitrogens is 2. The van der Waals surface area contributed by atoms with Gasteiger partial charge >= 0.3 is 0 Å². The van der Waals surface area contributed by atoms with Crippen LogP contribution in [0.5, 0.6) is 11.5 Å². The Labute approximate surface area is 203 Å². The van der Waals surface area contributed by atoms with Crippen LogP contribution in [-0.4, -0.2) is 35.8 Å². The minimum Gasteiger partial charge on any atom is -0.497 e. The van der Waals surface area contributed by atoms with E-state index in [0.29, 0.717) is 23.0 Å². The Morgan fingerprint density at radius 2 is 1.85 bits per heavy atom. The third kappa shape index (κ3) is 5.31. The summed E-state index contributed by atoms with van der Waals surface area (Å²) >= 11 is 1.40. The molecule has 0 unspecified atom stereocenters. The number of aryl methyl sites for hydroxylation is 2. The molecule has 0 radical (unpaired) electrons.